The predicted molar refractivity (Wildman–Crippen MR) is 112 cm³/mol. The van der Waals surface area contributed by atoms with Gasteiger partial charge < -0.3 is 20.9 Å². The summed E-state index contributed by atoms with van der Waals surface area (Å²) in [5, 5.41) is 2.77. The molecule has 1 saturated heterocycles. The number of aromatic nitrogens is 1. The molecule has 0 unspecified atom stereocenters. The number of amides is 3. The number of nitrogens with two attached hydrogens (primary N) is 1. The smallest absolute Gasteiger partial charge is 0.265 e. The van der Waals surface area contributed by atoms with E-state index >= 15 is 4.39 Å². The standard InChI is InChI=1S/C21H22BrFN4O3/c22-15-5-2-1-4-14(15)21(6-3-7-21)19(30)26-10-20(23)11-27(12-20)18(29)13-8-16(17(24)28)25-9-13/h1-2,4-5,8-9,25H,3,6-7,10-12H2,(H2,24,28)(H,26,30). The lowest BCUT2D eigenvalue weighted by Gasteiger charge is -2.46. The van der Waals surface area contributed by atoms with E-state index < -0.39 is 17.0 Å². The summed E-state index contributed by atoms with van der Waals surface area (Å²) in [7, 11) is 0. The van der Waals surface area contributed by atoms with E-state index in [4.69, 9.17) is 5.73 Å². The third-order valence-corrected chi connectivity index (χ3v) is 6.72. The number of primary amides is 1. The molecule has 4 N–H and O–H groups in total. The molecule has 2 fully saturated rings. The molecule has 0 bridgehead atoms. The maximum Gasteiger partial charge on any atom is 0.265 e. The molecule has 7 nitrogen and oxygen atoms in total. The van der Waals surface area contributed by atoms with Crippen LogP contribution in [0.4, 0.5) is 4.39 Å². The van der Waals surface area contributed by atoms with Crippen molar-refractivity contribution in [2.45, 2.75) is 30.3 Å². The van der Waals surface area contributed by atoms with Gasteiger partial charge in [0.05, 0.1) is 30.6 Å². The number of aromatic amines is 1. The van der Waals surface area contributed by atoms with E-state index in [0.29, 0.717) is 0 Å². The molecule has 0 spiro atoms. The van der Waals surface area contributed by atoms with Crippen molar-refractivity contribution in [3.05, 3.63) is 57.8 Å². The van der Waals surface area contributed by atoms with Crippen molar-refractivity contribution < 1.29 is 18.8 Å². The normalized spacial score (nSPS) is 18.8. The van der Waals surface area contributed by atoms with Crippen molar-refractivity contribution in [3.63, 3.8) is 0 Å². The van der Waals surface area contributed by atoms with Crippen molar-refractivity contribution >= 4 is 33.7 Å². The Balaban J connectivity index is 1.35. The monoisotopic (exact) mass is 476 g/mol. The van der Waals surface area contributed by atoms with Gasteiger partial charge in [0.2, 0.25) is 5.91 Å². The second-order valence-corrected chi connectivity index (χ2v) is 8.93. The molecule has 1 aliphatic heterocycles. The number of hydrogen-bond acceptors (Lipinski definition) is 3. The number of carbonyl (C=O) groups excluding carboxylic acids is 3. The van der Waals surface area contributed by atoms with Crippen molar-refractivity contribution in [1.82, 2.24) is 15.2 Å². The molecule has 1 aromatic heterocycles. The van der Waals surface area contributed by atoms with Crippen molar-refractivity contribution in [2.24, 2.45) is 5.73 Å². The Morgan fingerprint density at radius 1 is 1.23 bits per heavy atom. The fraction of sp³-hybridized carbons (Fsp3) is 0.381. The molecule has 3 amide bonds. The quantitative estimate of drug-likeness (QED) is 0.594. The van der Waals surface area contributed by atoms with E-state index in [1.807, 2.05) is 24.3 Å². The lowest BCUT2D eigenvalue weighted by Crippen LogP contribution is -2.66. The first-order valence-electron chi connectivity index (χ1n) is 9.74. The van der Waals surface area contributed by atoms with Crippen molar-refractivity contribution in [2.75, 3.05) is 19.6 Å². The van der Waals surface area contributed by atoms with E-state index in [1.165, 1.54) is 17.2 Å². The van der Waals surface area contributed by atoms with Gasteiger partial charge in [0.25, 0.3) is 11.8 Å². The number of carbonyl (C=O) groups is 3. The SMILES string of the molecule is NC(=O)c1cc(C(=O)N2CC(F)(CNC(=O)C3(c4ccccc4Br)CCC3)C2)c[nH]1. The van der Waals surface area contributed by atoms with Crippen LogP contribution in [0.15, 0.2) is 41.0 Å². The number of H-pyrrole nitrogens is 1. The molecule has 1 aliphatic carbocycles. The summed E-state index contributed by atoms with van der Waals surface area (Å²) in [6.07, 6.45) is 3.77. The van der Waals surface area contributed by atoms with Gasteiger partial charge in [-0.3, -0.25) is 14.4 Å². The van der Waals surface area contributed by atoms with Gasteiger partial charge in [-0.15, -0.1) is 0 Å². The Kier molecular flexibility index (Phi) is 5.17. The highest BCUT2D eigenvalue weighted by atomic mass is 79.9. The van der Waals surface area contributed by atoms with Gasteiger partial charge in [-0.1, -0.05) is 40.5 Å². The van der Waals surface area contributed by atoms with E-state index in [9.17, 15) is 14.4 Å². The van der Waals surface area contributed by atoms with Gasteiger partial charge in [-0.05, 0) is 30.5 Å². The van der Waals surface area contributed by atoms with Crippen LogP contribution in [0.5, 0.6) is 0 Å². The van der Waals surface area contributed by atoms with Crippen LogP contribution in [0.1, 0.15) is 45.7 Å². The average Bonchev–Trinajstić information content (AvgIpc) is 3.15. The van der Waals surface area contributed by atoms with Gasteiger partial charge in [-0.2, -0.15) is 0 Å². The number of alkyl halides is 1. The molecule has 2 aliphatic rings. The van der Waals surface area contributed by atoms with Crippen LogP contribution in [-0.4, -0.2) is 52.9 Å². The second-order valence-electron chi connectivity index (χ2n) is 8.08. The van der Waals surface area contributed by atoms with Crippen LogP contribution in [0, 0.1) is 0 Å². The summed E-state index contributed by atoms with van der Waals surface area (Å²) in [6, 6.07) is 8.96. The molecule has 9 heteroatoms. The number of hydrogen-bond donors (Lipinski definition) is 3. The molecule has 1 aromatic carbocycles. The van der Waals surface area contributed by atoms with Gasteiger partial charge in [-0.25, -0.2) is 4.39 Å². The number of rotatable bonds is 6. The lowest BCUT2D eigenvalue weighted by molar-refractivity contribution is -0.131. The molecular formula is C21H22BrFN4O3. The minimum atomic E-state index is -1.67. The van der Waals surface area contributed by atoms with Crippen LogP contribution < -0.4 is 11.1 Å². The minimum Gasteiger partial charge on any atom is -0.364 e. The highest BCUT2D eigenvalue weighted by Crippen LogP contribution is 2.46. The van der Waals surface area contributed by atoms with Crippen LogP contribution in [0.3, 0.4) is 0 Å². The minimum absolute atomic E-state index is 0.120. The molecule has 158 valence electrons. The van der Waals surface area contributed by atoms with Crippen LogP contribution in [0.25, 0.3) is 0 Å². The second kappa shape index (κ2) is 7.54. The molecule has 0 atom stereocenters. The van der Waals surface area contributed by atoms with Gasteiger partial charge >= 0.3 is 0 Å². The Bertz CT molecular complexity index is 1010. The summed E-state index contributed by atoms with van der Waals surface area (Å²) in [6.45, 7) is -0.391. The summed E-state index contributed by atoms with van der Waals surface area (Å²) in [5.74, 6) is -1.24. The van der Waals surface area contributed by atoms with Crippen LogP contribution >= 0.6 is 15.9 Å². The zero-order valence-electron chi connectivity index (χ0n) is 16.2. The molecule has 0 radical (unpaired) electrons. The van der Waals surface area contributed by atoms with E-state index in [0.717, 1.165) is 29.3 Å². The third kappa shape index (κ3) is 3.51. The zero-order valence-corrected chi connectivity index (χ0v) is 17.8. The van der Waals surface area contributed by atoms with Gasteiger partial charge in [0, 0.05) is 10.7 Å². The maximum atomic E-state index is 15.0. The fourth-order valence-corrected chi connectivity index (χ4v) is 4.81. The van der Waals surface area contributed by atoms with Crippen LogP contribution in [-0.2, 0) is 10.2 Å². The number of likely N-dealkylation sites (tertiary alicyclic amines) is 1. The predicted octanol–water partition coefficient (Wildman–Crippen LogP) is 2.28. The number of nitrogens with one attached hydrogen (secondary N) is 2. The van der Waals surface area contributed by atoms with E-state index in [1.54, 1.807) is 0 Å². The molecule has 4 rings (SSSR count). The molecule has 2 heterocycles. The third-order valence-electron chi connectivity index (χ3n) is 6.03. The highest BCUT2D eigenvalue weighted by molar-refractivity contribution is 9.10. The molecule has 1 saturated carbocycles. The number of nitrogens with zero attached hydrogens (tertiary/aromatic N) is 1. The maximum absolute atomic E-state index is 15.0. The Morgan fingerprint density at radius 2 is 1.93 bits per heavy atom. The van der Waals surface area contributed by atoms with E-state index in [2.05, 4.69) is 26.2 Å². The highest BCUT2D eigenvalue weighted by Gasteiger charge is 2.50. The average molecular weight is 477 g/mol. The summed E-state index contributed by atoms with van der Waals surface area (Å²) in [4.78, 5) is 40.5. The first-order valence-corrected chi connectivity index (χ1v) is 10.5. The first kappa shape index (κ1) is 20.6. The van der Waals surface area contributed by atoms with Gasteiger partial charge in [0.1, 0.15) is 5.69 Å². The topological polar surface area (TPSA) is 108 Å². The molecular weight excluding hydrogens is 455 g/mol. The summed E-state index contributed by atoms with van der Waals surface area (Å²) in [5.41, 5.74) is 4.15. The number of benzene rings is 1. The fourth-order valence-electron chi connectivity index (χ4n) is 4.14. The Labute approximate surface area is 181 Å². The lowest BCUT2D eigenvalue weighted by atomic mass is 9.63. The number of halogens is 2. The first-order chi connectivity index (χ1) is 14.2. The Morgan fingerprint density at radius 3 is 2.50 bits per heavy atom. The van der Waals surface area contributed by atoms with Crippen molar-refractivity contribution in [1.29, 1.82) is 0 Å². The Hall–Kier alpha value is -2.68. The van der Waals surface area contributed by atoms with E-state index in [-0.39, 0.29) is 42.7 Å². The molecule has 30 heavy (non-hydrogen) atoms. The largest absolute Gasteiger partial charge is 0.364 e. The van der Waals surface area contributed by atoms with Crippen LogP contribution in [0.2, 0.25) is 0 Å². The summed E-state index contributed by atoms with van der Waals surface area (Å²) >= 11 is 3.52. The van der Waals surface area contributed by atoms with Gasteiger partial charge in [0.15, 0.2) is 5.67 Å². The summed E-state index contributed by atoms with van der Waals surface area (Å²) < 4.78 is 15.9. The molecule has 2 aromatic rings. The zero-order chi connectivity index (χ0) is 21.5. The van der Waals surface area contributed by atoms with Crippen molar-refractivity contribution in [3.8, 4) is 0 Å².